The summed E-state index contributed by atoms with van der Waals surface area (Å²) < 4.78 is 1.88. The smallest absolute Gasteiger partial charge is 0.251 e. The third-order valence-corrected chi connectivity index (χ3v) is 3.94. The minimum absolute atomic E-state index is 0.159. The first-order chi connectivity index (χ1) is 11.1. The normalized spacial score (nSPS) is 11.4. The summed E-state index contributed by atoms with van der Waals surface area (Å²) in [6.45, 7) is 4.37. The summed E-state index contributed by atoms with van der Waals surface area (Å²) in [6, 6.07) is 7.31. The minimum Gasteiger partial charge on any atom is -0.388 e. The number of carbonyl (C=O) groups is 1. The second-order valence-corrected chi connectivity index (χ2v) is 5.92. The SMILES string of the molecule is CCCC(O)(CCC)CNC(=O)c1ccc(-n2ccnc2)cc1. The highest BCUT2D eigenvalue weighted by atomic mass is 16.3. The molecule has 2 rings (SSSR count). The topological polar surface area (TPSA) is 67.2 Å². The molecule has 0 aliphatic carbocycles. The van der Waals surface area contributed by atoms with Crippen molar-refractivity contribution in [3.63, 3.8) is 0 Å². The maximum Gasteiger partial charge on any atom is 0.251 e. The van der Waals surface area contributed by atoms with Crippen LogP contribution < -0.4 is 5.32 Å². The fraction of sp³-hybridized carbons (Fsp3) is 0.444. The molecule has 124 valence electrons. The summed E-state index contributed by atoms with van der Waals surface area (Å²) >= 11 is 0. The average Bonchev–Trinajstić information content (AvgIpc) is 3.08. The van der Waals surface area contributed by atoms with Gasteiger partial charge in [0.25, 0.3) is 5.91 Å². The van der Waals surface area contributed by atoms with E-state index in [1.54, 1.807) is 24.7 Å². The van der Waals surface area contributed by atoms with Gasteiger partial charge < -0.3 is 15.0 Å². The van der Waals surface area contributed by atoms with Gasteiger partial charge in [-0.05, 0) is 37.1 Å². The molecule has 0 radical (unpaired) electrons. The highest BCUT2D eigenvalue weighted by Crippen LogP contribution is 2.18. The van der Waals surface area contributed by atoms with Crippen LogP contribution in [0.5, 0.6) is 0 Å². The van der Waals surface area contributed by atoms with Gasteiger partial charge >= 0.3 is 0 Å². The van der Waals surface area contributed by atoms with Crippen molar-refractivity contribution >= 4 is 5.91 Å². The molecule has 0 fully saturated rings. The van der Waals surface area contributed by atoms with Crippen molar-refractivity contribution in [2.45, 2.75) is 45.1 Å². The molecule has 1 heterocycles. The Balaban J connectivity index is 1.97. The lowest BCUT2D eigenvalue weighted by atomic mass is 9.92. The van der Waals surface area contributed by atoms with E-state index in [2.05, 4.69) is 10.3 Å². The molecule has 0 atom stereocenters. The molecule has 1 aromatic carbocycles. The summed E-state index contributed by atoms with van der Waals surface area (Å²) in [4.78, 5) is 16.3. The molecular weight excluding hydrogens is 290 g/mol. The lowest BCUT2D eigenvalue weighted by molar-refractivity contribution is 0.0213. The standard InChI is InChI=1S/C18H25N3O2/c1-3-9-18(23,10-4-2)13-20-17(22)15-5-7-16(8-6-15)21-12-11-19-14-21/h5-8,11-12,14,23H,3-4,9-10,13H2,1-2H3,(H,20,22). The van der Waals surface area contributed by atoms with Gasteiger partial charge in [-0.25, -0.2) is 4.98 Å². The van der Waals surface area contributed by atoms with Crippen LogP contribution in [-0.4, -0.2) is 32.7 Å². The fourth-order valence-corrected chi connectivity index (χ4v) is 2.78. The van der Waals surface area contributed by atoms with E-state index in [1.807, 2.05) is 36.7 Å². The molecule has 1 amide bonds. The van der Waals surface area contributed by atoms with Crippen LogP contribution in [0.4, 0.5) is 0 Å². The largest absolute Gasteiger partial charge is 0.388 e. The Bertz CT molecular complexity index is 600. The van der Waals surface area contributed by atoms with E-state index in [1.165, 1.54) is 0 Å². The summed E-state index contributed by atoms with van der Waals surface area (Å²) in [5.41, 5.74) is 0.729. The first-order valence-corrected chi connectivity index (χ1v) is 8.17. The van der Waals surface area contributed by atoms with Gasteiger partial charge in [-0.15, -0.1) is 0 Å². The van der Waals surface area contributed by atoms with Gasteiger partial charge in [0.1, 0.15) is 0 Å². The zero-order valence-electron chi connectivity index (χ0n) is 13.8. The summed E-state index contributed by atoms with van der Waals surface area (Å²) in [5.74, 6) is -0.159. The van der Waals surface area contributed by atoms with Gasteiger partial charge in [0.15, 0.2) is 0 Å². The van der Waals surface area contributed by atoms with Crippen LogP contribution >= 0.6 is 0 Å². The molecule has 0 unspecified atom stereocenters. The van der Waals surface area contributed by atoms with E-state index in [-0.39, 0.29) is 12.5 Å². The number of nitrogens with one attached hydrogen (secondary N) is 1. The quantitative estimate of drug-likeness (QED) is 0.787. The van der Waals surface area contributed by atoms with Crippen LogP contribution in [0.2, 0.25) is 0 Å². The van der Waals surface area contributed by atoms with Crippen LogP contribution in [0.3, 0.4) is 0 Å². The molecule has 0 saturated heterocycles. The number of carbonyl (C=O) groups excluding carboxylic acids is 1. The molecule has 2 aromatic rings. The van der Waals surface area contributed by atoms with E-state index in [0.717, 1.165) is 18.5 Å². The van der Waals surface area contributed by atoms with Crippen LogP contribution in [0.15, 0.2) is 43.0 Å². The molecule has 23 heavy (non-hydrogen) atoms. The number of hydrogen-bond acceptors (Lipinski definition) is 3. The summed E-state index contributed by atoms with van der Waals surface area (Å²) in [6.07, 6.45) is 8.46. The lowest BCUT2D eigenvalue weighted by Gasteiger charge is -2.27. The van der Waals surface area contributed by atoms with Crippen molar-refractivity contribution in [2.24, 2.45) is 0 Å². The fourth-order valence-electron chi connectivity index (χ4n) is 2.78. The van der Waals surface area contributed by atoms with Crippen LogP contribution in [0, 0.1) is 0 Å². The molecule has 0 aliphatic heterocycles. The van der Waals surface area contributed by atoms with Crippen molar-refractivity contribution in [2.75, 3.05) is 6.54 Å². The Morgan fingerprint density at radius 1 is 1.22 bits per heavy atom. The van der Waals surface area contributed by atoms with Gasteiger partial charge in [0, 0.05) is 30.2 Å². The van der Waals surface area contributed by atoms with E-state index < -0.39 is 5.60 Å². The molecule has 0 bridgehead atoms. The van der Waals surface area contributed by atoms with E-state index in [0.29, 0.717) is 18.4 Å². The lowest BCUT2D eigenvalue weighted by Crippen LogP contribution is -2.42. The van der Waals surface area contributed by atoms with Crippen LogP contribution in [0.1, 0.15) is 49.9 Å². The number of benzene rings is 1. The minimum atomic E-state index is -0.810. The number of rotatable bonds is 8. The first-order valence-electron chi connectivity index (χ1n) is 8.17. The monoisotopic (exact) mass is 315 g/mol. The van der Waals surface area contributed by atoms with Gasteiger partial charge in [-0.2, -0.15) is 0 Å². The summed E-state index contributed by atoms with van der Waals surface area (Å²) in [5, 5.41) is 13.4. The number of imidazole rings is 1. The highest BCUT2D eigenvalue weighted by molar-refractivity contribution is 5.94. The molecule has 0 spiro atoms. The zero-order chi connectivity index (χ0) is 16.7. The number of amides is 1. The third kappa shape index (κ3) is 4.66. The molecule has 0 saturated carbocycles. The maximum atomic E-state index is 12.3. The van der Waals surface area contributed by atoms with Crippen molar-refractivity contribution in [1.82, 2.24) is 14.9 Å². The Labute approximate surface area is 137 Å². The predicted octanol–water partition coefficient (Wildman–Crippen LogP) is 2.93. The van der Waals surface area contributed by atoms with E-state index >= 15 is 0 Å². The Hall–Kier alpha value is -2.14. The second kappa shape index (κ2) is 7.92. The molecule has 5 heteroatoms. The van der Waals surface area contributed by atoms with E-state index in [9.17, 15) is 9.90 Å². The van der Waals surface area contributed by atoms with Crippen molar-refractivity contribution in [1.29, 1.82) is 0 Å². The molecule has 1 aromatic heterocycles. The number of aromatic nitrogens is 2. The van der Waals surface area contributed by atoms with Crippen molar-refractivity contribution in [3.8, 4) is 5.69 Å². The third-order valence-electron chi connectivity index (χ3n) is 3.94. The van der Waals surface area contributed by atoms with Gasteiger partial charge in [0.05, 0.1) is 11.9 Å². The van der Waals surface area contributed by atoms with Crippen molar-refractivity contribution < 1.29 is 9.90 Å². The van der Waals surface area contributed by atoms with Crippen molar-refractivity contribution in [3.05, 3.63) is 48.5 Å². The summed E-state index contributed by atoms with van der Waals surface area (Å²) in [7, 11) is 0. The van der Waals surface area contributed by atoms with Crippen LogP contribution in [-0.2, 0) is 0 Å². The Morgan fingerprint density at radius 3 is 2.39 bits per heavy atom. The second-order valence-electron chi connectivity index (χ2n) is 5.92. The van der Waals surface area contributed by atoms with Gasteiger partial charge in [0.2, 0.25) is 0 Å². The Kier molecular flexibility index (Phi) is 5.93. The molecule has 0 aliphatic rings. The molecule has 5 nitrogen and oxygen atoms in total. The average molecular weight is 315 g/mol. The van der Waals surface area contributed by atoms with Gasteiger partial charge in [-0.3, -0.25) is 4.79 Å². The Morgan fingerprint density at radius 2 is 1.87 bits per heavy atom. The van der Waals surface area contributed by atoms with Crippen LogP contribution in [0.25, 0.3) is 5.69 Å². The first kappa shape index (κ1) is 17.2. The predicted molar refractivity (Wildman–Crippen MR) is 90.7 cm³/mol. The van der Waals surface area contributed by atoms with Gasteiger partial charge in [-0.1, -0.05) is 26.7 Å². The molecule has 2 N–H and O–H groups in total. The molecular formula is C18H25N3O2. The van der Waals surface area contributed by atoms with E-state index in [4.69, 9.17) is 0 Å². The number of aliphatic hydroxyl groups is 1. The zero-order valence-corrected chi connectivity index (χ0v) is 13.8. The number of nitrogens with zero attached hydrogens (tertiary/aromatic N) is 2. The number of hydrogen-bond donors (Lipinski definition) is 2. The highest BCUT2D eigenvalue weighted by Gasteiger charge is 2.25. The maximum absolute atomic E-state index is 12.3.